The van der Waals surface area contributed by atoms with E-state index >= 15 is 0 Å². The topological polar surface area (TPSA) is 56.7 Å². The molecule has 0 saturated carbocycles. The van der Waals surface area contributed by atoms with Crippen LogP contribution in [0.1, 0.15) is 19.2 Å². The number of hydrogen-bond donors (Lipinski definition) is 1. The van der Waals surface area contributed by atoms with Crippen molar-refractivity contribution < 1.29 is 4.39 Å². The number of rotatable bonds is 4. The van der Waals surface area contributed by atoms with Crippen LogP contribution in [0.5, 0.6) is 0 Å². The average molecular weight is 313 g/mol. The fourth-order valence-electron chi connectivity index (χ4n) is 1.84. The van der Waals surface area contributed by atoms with Gasteiger partial charge < -0.3 is 10.3 Å². The molecular formula is C12H14BrFN4. The third-order valence-corrected chi connectivity index (χ3v) is 3.04. The van der Waals surface area contributed by atoms with Crippen molar-refractivity contribution in [2.45, 2.75) is 26.4 Å². The minimum absolute atomic E-state index is 0.306. The number of nitrogens with two attached hydrogens (primary N) is 1. The van der Waals surface area contributed by atoms with Crippen LogP contribution in [0.4, 0.5) is 4.39 Å². The predicted octanol–water partition coefficient (Wildman–Crippen LogP) is 2.72. The summed E-state index contributed by atoms with van der Waals surface area (Å²) in [7, 11) is 0. The van der Waals surface area contributed by atoms with Crippen LogP contribution in [0.15, 0.2) is 22.7 Å². The summed E-state index contributed by atoms with van der Waals surface area (Å²) < 4.78 is 16.0. The maximum Gasteiger partial charge on any atom is 0.164 e. The lowest BCUT2D eigenvalue weighted by Gasteiger charge is -2.08. The first-order valence-corrected chi connectivity index (χ1v) is 6.53. The molecule has 1 aromatic carbocycles. The van der Waals surface area contributed by atoms with E-state index in [2.05, 4.69) is 33.1 Å². The molecule has 0 atom stereocenters. The van der Waals surface area contributed by atoms with Crippen LogP contribution in [0.3, 0.4) is 0 Å². The van der Waals surface area contributed by atoms with Gasteiger partial charge in [-0.3, -0.25) is 0 Å². The summed E-state index contributed by atoms with van der Waals surface area (Å²) in [5.41, 5.74) is 6.32. The monoisotopic (exact) mass is 312 g/mol. The Morgan fingerprint density at radius 2 is 2.11 bits per heavy atom. The van der Waals surface area contributed by atoms with E-state index in [1.54, 1.807) is 0 Å². The molecule has 6 heteroatoms. The maximum atomic E-state index is 13.4. The van der Waals surface area contributed by atoms with E-state index in [-0.39, 0.29) is 5.82 Å². The van der Waals surface area contributed by atoms with Gasteiger partial charge in [-0.2, -0.15) is 0 Å². The Morgan fingerprint density at radius 3 is 2.72 bits per heavy atom. The first-order chi connectivity index (χ1) is 8.65. The SMILES string of the molecule is CCCn1c(CN)nnc1-c1cc(F)cc(Br)c1. The lowest BCUT2D eigenvalue weighted by Crippen LogP contribution is -2.09. The Hall–Kier alpha value is -1.27. The van der Waals surface area contributed by atoms with Crippen LogP contribution >= 0.6 is 15.9 Å². The summed E-state index contributed by atoms with van der Waals surface area (Å²) in [6.07, 6.45) is 0.939. The average Bonchev–Trinajstić information content (AvgIpc) is 2.71. The van der Waals surface area contributed by atoms with Crippen molar-refractivity contribution >= 4 is 15.9 Å². The van der Waals surface area contributed by atoms with E-state index in [1.165, 1.54) is 12.1 Å². The van der Waals surface area contributed by atoms with Gasteiger partial charge in [-0.1, -0.05) is 22.9 Å². The molecule has 0 unspecified atom stereocenters. The second kappa shape index (κ2) is 5.58. The van der Waals surface area contributed by atoms with E-state index < -0.39 is 0 Å². The fraction of sp³-hybridized carbons (Fsp3) is 0.333. The third kappa shape index (κ3) is 2.59. The Kier molecular flexibility index (Phi) is 4.08. The second-order valence-electron chi connectivity index (χ2n) is 3.95. The van der Waals surface area contributed by atoms with Crippen molar-refractivity contribution in [1.82, 2.24) is 14.8 Å². The fourth-order valence-corrected chi connectivity index (χ4v) is 2.31. The number of benzene rings is 1. The van der Waals surface area contributed by atoms with Crippen molar-refractivity contribution in [3.63, 3.8) is 0 Å². The zero-order valence-corrected chi connectivity index (χ0v) is 11.6. The highest BCUT2D eigenvalue weighted by Crippen LogP contribution is 2.24. The molecule has 2 aromatic rings. The molecule has 0 saturated heterocycles. The van der Waals surface area contributed by atoms with Crippen LogP contribution in [-0.2, 0) is 13.1 Å². The molecule has 0 fully saturated rings. The molecule has 4 nitrogen and oxygen atoms in total. The molecule has 2 N–H and O–H groups in total. The number of halogens is 2. The highest BCUT2D eigenvalue weighted by molar-refractivity contribution is 9.10. The van der Waals surface area contributed by atoms with Gasteiger partial charge in [0.25, 0.3) is 0 Å². The summed E-state index contributed by atoms with van der Waals surface area (Å²) in [5.74, 6) is 1.06. The molecule has 0 spiro atoms. The molecule has 18 heavy (non-hydrogen) atoms. The lowest BCUT2D eigenvalue weighted by atomic mass is 10.2. The summed E-state index contributed by atoms with van der Waals surface area (Å²) in [6, 6.07) is 4.68. The third-order valence-electron chi connectivity index (χ3n) is 2.58. The van der Waals surface area contributed by atoms with Crippen molar-refractivity contribution in [1.29, 1.82) is 0 Å². The van der Waals surface area contributed by atoms with Gasteiger partial charge in [0.1, 0.15) is 11.6 Å². The molecule has 2 rings (SSSR count). The largest absolute Gasteiger partial charge is 0.324 e. The van der Waals surface area contributed by atoms with Crippen molar-refractivity contribution in [3.8, 4) is 11.4 Å². The molecule has 0 amide bonds. The Morgan fingerprint density at radius 1 is 1.33 bits per heavy atom. The number of aromatic nitrogens is 3. The van der Waals surface area contributed by atoms with Crippen molar-refractivity contribution in [2.24, 2.45) is 5.73 Å². The van der Waals surface area contributed by atoms with Gasteiger partial charge >= 0.3 is 0 Å². The van der Waals surface area contributed by atoms with Crippen LogP contribution in [0.2, 0.25) is 0 Å². The first kappa shape index (κ1) is 13.2. The molecular weight excluding hydrogens is 299 g/mol. The molecule has 1 aromatic heterocycles. The Bertz CT molecular complexity index is 533. The zero-order valence-electron chi connectivity index (χ0n) is 10.0. The van der Waals surface area contributed by atoms with Crippen LogP contribution in [-0.4, -0.2) is 14.8 Å². The van der Waals surface area contributed by atoms with Gasteiger partial charge in [0.15, 0.2) is 5.82 Å². The molecule has 0 bridgehead atoms. The highest BCUT2D eigenvalue weighted by atomic mass is 79.9. The summed E-state index contributed by atoms with van der Waals surface area (Å²) >= 11 is 3.28. The van der Waals surface area contributed by atoms with Gasteiger partial charge in [-0.05, 0) is 24.6 Å². The van der Waals surface area contributed by atoms with Crippen LogP contribution in [0, 0.1) is 5.82 Å². The minimum atomic E-state index is -0.306. The van der Waals surface area contributed by atoms with E-state index in [0.717, 1.165) is 13.0 Å². The van der Waals surface area contributed by atoms with E-state index in [0.29, 0.717) is 28.2 Å². The maximum absolute atomic E-state index is 13.4. The molecule has 0 radical (unpaired) electrons. The minimum Gasteiger partial charge on any atom is -0.324 e. The Labute approximate surface area is 113 Å². The van der Waals surface area contributed by atoms with Gasteiger partial charge in [0.05, 0.1) is 6.54 Å². The molecule has 96 valence electrons. The normalized spacial score (nSPS) is 10.9. The second-order valence-corrected chi connectivity index (χ2v) is 4.87. The molecule has 0 aliphatic heterocycles. The van der Waals surface area contributed by atoms with Gasteiger partial charge in [0, 0.05) is 16.6 Å². The molecule has 1 heterocycles. The zero-order chi connectivity index (χ0) is 13.1. The van der Waals surface area contributed by atoms with Crippen LogP contribution < -0.4 is 5.73 Å². The Balaban J connectivity index is 2.52. The summed E-state index contributed by atoms with van der Waals surface area (Å²) in [4.78, 5) is 0. The predicted molar refractivity (Wildman–Crippen MR) is 71.3 cm³/mol. The van der Waals surface area contributed by atoms with E-state index in [4.69, 9.17) is 5.73 Å². The molecule has 0 aliphatic carbocycles. The molecule has 0 aliphatic rings. The quantitative estimate of drug-likeness (QED) is 0.944. The number of hydrogen-bond acceptors (Lipinski definition) is 3. The lowest BCUT2D eigenvalue weighted by molar-refractivity contribution is 0.625. The highest BCUT2D eigenvalue weighted by Gasteiger charge is 2.13. The smallest absolute Gasteiger partial charge is 0.164 e. The summed E-state index contributed by atoms with van der Waals surface area (Å²) in [6.45, 7) is 3.15. The van der Waals surface area contributed by atoms with Crippen molar-refractivity contribution in [3.05, 3.63) is 34.3 Å². The van der Waals surface area contributed by atoms with E-state index in [9.17, 15) is 4.39 Å². The summed E-state index contributed by atoms with van der Waals surface area (Å²) in [5, 5.41) is 8.14. The van der Waals surface area contributed by atoms with Crippen LogP contribution in [0.25, 0.3) is 11.4 Å². The standard InChI is InChI=1S/C12H14BrFN4/c1-2-3-18-11(7-15)16-17-12(18)8-4-9(13)6-10(14)5-8/h4-6H,2-3,7,15H2,1H3. The number of nitrogens with zero attached hydrogens (tertiary/aromatic N) is 3. The van der Waals surface area contributed by atoms with Gasteiger partial charge in [-0.25, -0.2) is 4.39 Å². The first-order valence-electron chi connectivity index (χ1n) is 5.74. The van der Waals surface area contributed by atoms with Crippen molar-refractivity contribution in [2.75, 3.05) is 0 Å². The van der Waals surface area contributed by atoms with Gasteiger partial charge in [-0.15, -0.1) is 10.2 Å². The van der Waals surface area contributed by atoms with Gasteiger partial charge in [0.2, 0.25) is 0 Å². The van der Waals surface area contributed by atoms with E-state index in [1.807, 2.05) is 10.6 Å².